The molecule has 0 aliphatic carbocycles. The quantitative estimate of drug-likeness (QED) is 0.399. The van der Waals surface area contributed by atoms with Gasteiger partial charge in [-0.05, 0) is 23.8 Å². The van der Waals surface area contributed by atoms with Crippen LogP contribution in [0.1, 0.15) is 22.2 Å². The minimum Gasteiger partial charge on any atom is -0.454 e. The average Bonchev–Trinajstić information content (AvgIpc) is 3.13. The van der Waals surface area contributed by atoms with Gasteiger partial charge in [0.05, 0.1) is 16.0 Å². The second-order valence-electron chi connectivity index (χ2n) is 5.75. The molecular formula is C17H11N3O7. The van der Waals surface area contributed by atoms with Crippen LogP contribution in [0.2, 0.25) is 0 Å². The summed E-state index contributed by atoms with van der Waals surface area (Å²) in [6.45, 7) is 0.0425. The SMILES string of the molecule is O=C(c1nc2ccc([N+](=O)[O-])cc2[nH]c1=O)[C@H](O)c1ccc2c(c1)OCO2. The summed E-state index contributed by atoms with van der Waals surface area (Å²) in [5.41, 5.74) is -1.06. The van der Waals surface area contributed by atoms with Gasteiger partial charge in [0.15, 0.2) is 17.2 Å². The Morgan fingerprint density at radius 2 is 2.00 bits per heavy atom. The van der Waals surface area contributed by atoms with Crippen molar-refractivity contribution in [3.8, 4) is 11.5 Å². The molecule has 2 aromatic carbocycles. The van der Waals surface area contributed by atoms with E-state index in [-0.39, 0.29) is 29.1 Å². The molecule has 0 fully saturated rings. The molecule has 1 atom stereocenters. The normalized spacial score (nSPS) is 13.5. The molecule has 1 aliphatic rings. The molecule has 2 heterocycles. The number of nitro groups is 1. The molecule has 0 unspecified atom stereocenters. The molecule has 10 heteroatoms. The minimum absolute atomic E-state index is 0.0425. The van der Waals surface area contributed by atoms with Crippen molar-refractivity contribution in [2.75, 3.05) is 6.79 Å². The number of rotatable bonds is 4. The zero-order valence-corrected chi connectivity index (χ0v) is 13.5. The fourth-order valence-electron chi connectivity index (χ4n) is 2.72. The second-order valence-corrected chi connectivity index (χ2v) is 5.75. The summed E-state index contributed by atoms with van der Waals surface area (Å²) in [6.07, 6.45) is -1.64. The van der Waals surface area contributed by atoms with Crippen LogP contribution in [0, 0.1) is 10.1 Å². The number of Topliss-reactive ketones (excluding diaryl/α,β-unsaturated/α-hetero) is 1. The van der Waals surface area contributed by atoms with Gasteiger partial charge in [0, 0.05) is 12.1 Å². The summed E-state index contributed by atoms with van der Waals surface area (Å²) in [4.78, 5) is 41.3. The summed E-state index contributed by atoms with van der Waals surface area (Å²) in [5, 5.41) is 21.2. The lowest BCUT2D eigenvalue weighted by Gasteiger charge is -2.10. The van der Waals surface area contributed by atoms with Gasteiger partial charge in [0.25, 0.3) is 11.2 Å². The number of aromatic amines is 1. The van der Waals surface area contributed by atoms with E-state index in [0.717, 1.165) is 6.07 Å². The molecule has 4 rings (SSSR count). The topological polar surface area (TPSA) is 145 Å². The first kappa shape index (κ1) is 16.7. The van der Waals surface area contributed by atoms with Crippen LogP contribution in [-0.4, -0.2) is 32.6 Å². The van der Waals surface area contributed by atoms with Gasteiger partial charge in [-0.25, -0.2) is 4.98 Å². The van der Waals surface area contributed by atoms with Gasteiger partial charge < -0.3 is 19.6 Å². The fourth-order valence-corrected chi connectivity index (χ4v) is 2.72. The third kappa shape index (κ3) is 2.87. The fraction of sp³-hybridized carbons (Fsp3) is 0.118. The Morgan fingerprint density at radius 1 is 1.22 bits per heavy atom. The summed E-state index contributed by atoms with van der Waals surface area (Å²) in [5.74, 6) is -0.0379. The van der Waals surface area contributed by atoms with Crippen LogP contribution in [-0.2, 0) is 0 Å². The van der Waals surface area contributed by atoms with E-state index in [1.807, 2.05) is 0 Å². The number of nitrogens with zero attached hydrogens (tertiary/aromatic N) is 2. The van der Waals surface area contributed by atoms with E-state index in [0.29, 0.717) is 11.5 Å². The lowest BCUT2D eigenvalue weighted by atomic mass is 10.0. The van der Waals surface area contributed by atoms with Gasteiger partial charge >= 0.3 is 0 Å². The van der Waals surface area contributed by atoms with E-state index in [4.69, 9.17) is 9.47 Å². The minimum atomic E-state index is -1.64. The van der Waals surface area contributed by atoms with Crippen LogP contribution < -0.4 is 15.0 Å². The van der Waals surface area contributed by atoms with Crippen molar-refractivity contribution in [1.82, 2.24) is 9.97 Å². The Kier molecular flexibility index (Phi) is 3.81. The average molecular weight is 369 g/mol. The molecule has 0 amide bonds. The summed E-state index contributed by atoms with van der Waals surface area (Å²) in [6, 6.07) is 8.14. The van der Waals surface area contributed by atoms with E-state index in [2.05, 4.69) is 9.97 Å². The predicted octanol–water partition coefficient (Wildman–Crippen LogP) is 1.48. The number of ketones is 1. The largest absolute Gasteiger partial charge is 0.454 e. The molecular weight excluding hydrogens is 358 g/mol. The number of aliphatic hydroxyl groups excluding tert-OH is 1. The van der Waals surface area contributed by atoms with Crippen LogP contribution in [0.4, 0.5) is 5.69 Å². The van der Waals surface area contributed by atoms with Crippen LogP contribution in [0.5, 0.6) is 11.5 Å². The Hall–Kier alpha value is -3.79. The molecule has 0 saturated carbocycles. The first-order valence-electron chi connectivity index (χ1n) is 7.74. The molecule has 0 radical (unpaired) electrons. The third-order valence-corrected chi connectivity index (χ3v) is 4.08. The number of benzene rings is 2. The van der Waals surface area contributed by atoms with Crippen molar-refractivity contribution < 1.29 is 24.3 Å². The van der Waals surface area contributed by atoms with E-state index in [1.165, 1.54) is 24.3 Å². The maximum atomic E-state index is 12.6. The van der Waals surface area contributed by atoms with E-state index < -0.39 is 28.1 Å². The molecule has 0 spiro atoms. The highest BCUT2D eigenvalue weighted by atomic mass is 16.7. The van der Waals surface area contributed by atoms with E-state index in [9.17, 15) is 24.8 Å². The highest BCUT2D eigenvalue weighted by Crippen LogP contribution is 2.34. The van der Waals surface area contributed by atoms with Crippen LogP contribution in [0.15, 0.2) is 41.2 Å². The Bertz CT molecular complexity index is 1150. The summed E-state index contributed by atoms with van der Waals surface area (Å²) in [7, 11) is 0. The molecule has 2 N–H and O–H groups in total. The van der Waals surface area contributed by atoms with Gasteiger partial charge in [-0.2, -0.15) is 0 Å². The van der Waals surface area contributed by atoms with Crippen molar-refractivity contribution in [1.29, 1.82) is 0 Å². The smallest absolute Gasteiger partial charge is 0.278 e. The van der Waals surface area contributed by atoms with Gasteiger partial charge in [0.1, 0.15) is 6.10 Å². The molecule has 1 aromatic heterocycles. The molecule has 10 nitrogen and oxygen atoms in total. The molecule has 0 saturated heterocycles. The number of aliphatic hydroxyl groups is 1. The number of nitro benzene ring substituents is 1. The number of H-pyrrole nitrogens is 1. The molecule has 27 heavy (non-hydrogen) atoms. The maximum absolute atomic E-state index is 12.6. The van der Waals surface area contributed by atoms with E-state index >= 15 is 0 Å². The molecule has 0 bridgehead atoms. The molecule has 1 aliphatic heterocycles. The number of nitrogens with one attached hydrogen (secondary N) is 1. The standard InChI is InChI=1S/C17H11N3O7/c21-15(8-1-4-12-13(5-8)27-7-26-12)16(22)14-17(23)19-11-6-9(20(24)25)2-3-10(11)18-14/h1-6,15,21H,7H2,(H,19,23)/t15-/m1/s1. The lowest BCUT2D eigenvalue weighted by molar-refractivity contribution is -0.384. The number of carbonyl (C=O) groups excluding carboxylic acids is 1. The zero-order valence-electron chi connectivity index (χ0n) is 13.5. The lowest BCUT2D eigenvalue weighted by Crippen LogP contribution is -2.24. The van der Waals surface area contributed by atoms with Crippen molar-refractivity contribution in [2.24, 2.45) is 0 Å². The van der Waals surface area contributed by atoms with Crippen LogP contribution in [0.3, 0.4) is 0 Å². The van der Waals surface area contributed by atoms with Gasteiger partial charge in [-0.15, -0.1) is 0 Å². The number of ether oxygens (including phenoxy) is 2. The Balaban J connectivity index is 1.71. The maximum Gasteiger partial charge on any atom is 0.278 e. The number of hydrogen-bond acceptors (Lipinski definition) is 8. The van der Waals surface area contributed by atoms with Gasteiger partial charge in [0.2, 0.25) is 12.6 Å². The highest BCUT2D eigenvalue weighted by Gasteiger charge is 2.26. The Morgan fingerprint density at radius 3 is 2.78 bits per heavy atom. The van der Waals surface area contributed by atoms with Gasteiger partial charge in [-0.1, -0.05) is 6.07 Å². The number of non-ortho nitro benzene ring substituents is 1. The summed E-state index contributed by atoms with van der Waals surface area (Å²) >= 11 is 0. The van der Waals surface area contributed by atoms with Crippen LogP contribution >= 0.6 is 0 Å². The monoisotopic (exact) mass is 369 g/mol. The molecule has 136 valence electrons. The first-order valence-corrected chi connectivity index (χ1v) is 7.74. The van der Waals surface area contributed by atoms with Crippen molar-refractivity contribution in [3.05, 3.63) is 68.1 Å². The van der Waals surface area contributed by atoms with Crippen molar-refractivity contribution in [2.45, 2.75) is 6.10 Å². The van der Waals surface area contributed by atoms with Crippen molar-refractivity contribution in [3.63, 3.8) is 0 Å². The highest BCUT2D eigenvalue weighted by molar-refractivity contribution is 5.99. The Labute approximate surface area is 150 Å². The van der Waals surface area contributed by atoms with E-state index in [1.54, 1.807) is 6.07 Å². The number of aromatic nitrogens is 2. The predicted molar refractivity (Wildman–Crippen MR) is 90.9 cm³/mol. The number of fused-ring (bicyclic) bond motifs is 2. The molecule has 3 aromatic rings. The summed E-state index contributed by atoms with van der Waals surface area (Å²) < 4.78 is 10.4. The zero-order chi connectivity index (χ0) is 19.1. The second kappa shape index (κ2) is 6.18. The van der Waals surface area contributed by atoms with Gasteiger partial charge in [-0.3, -0.25) is 19.7 Å². The van der Waals surface area contributed by atoms with Crippen LogP contribution in [0.25, 0.3) is 11.0 Å². The number of hydrogen-bond donors (Lipinski definition) is 2. The third-order valence-electron chi connectivity index (χ3n) is 4.08. The first-order chi connectivity index (χ1) is 12.9. The number of carbonyl (C=O) groups is 1. The van der Waals surface area contributed by atoms with Crippen molar-refractivity contribution >= 4 is 22.5 Å².